The molecule has 0 fully saturated rings. The van der Waals surface area contributed by atoms with Crippen molar-refractivity contribution in [2.24, 2.45) is 5.14 Å². The topological polar surface area (TPSA) is 129 Å². The van der Waals surface area contributed by atoms with Crippen molar-refractivity contribution in [3.05, 3.63) is 98.4 Å². The van der Waals surface area contributed by atoms with E-state index in [-0.39, 0.29) is 28.5 Å². The molecule has 0 bridgehead atoms. The summed E-state index contributed by atoms with van der Waals surface area (Å²) in [5.41, 5.74) is 1.11. The molecule has 0 saturated carbocycles. The van der Waals surface area contributed by atoms with Crippen LogP contribution in [0.5, 0.6) is 0 Å². The predicted molar refractivity (Wildman–Crippen MR) is 154 cm³/mol. The molecule has 40 heavy (non-hydrogen) atoms. The van der Waals surface area contributed by atoms with Crippen LogP contribution in [-0.2, 0) is 23.0 Å². The van der Waals surface area contributed by atoms with Crippen molar-refractivity contribution in [2.75, 3.05) is 6.54 Å². The molecule has 3 aromatic carbocycles. The normalized spacial score (nSPS) is 11.5. The van der Waals surface area contributed by atoms with Gasteiger partial charge in [0.1, 0.15) is 11.6 Å². The Morgan fingerprint density at radius 3 is 2.52 bits per heavy atom. The predicted octanol–water partition coefficient (Wildman–Crippen LogP) is 4.39. The number of halogens is 2. The largest absolute Gasteiger partial charge is 0.352 e. The average molecular weight is 631 g/mol. The van der Waals surface area contributed by atoms with Gasteiger partial charge in [-0.2, -0.15) is 4.68 Å². The van der Waals surface area contributed by atoms with Gasteiger partial charge < -0.3 is 5.32 Å². The standard InChI is InChI=1S/C28H29BrFN5O4S/c1-3-5-14-32-27(36)19-12-13-22(29)24(16-19)35-28(37)34(26(4-2)33-35)17-20-11-10-18(15-23(20)30)21-8-6-7-9-25(21)40(31,38)39/h6-13,15-16H,3-5,14,17H2,1-2H3,(H,32,36)(H2,31,38,39). The monoisotopic (exact) mass is 629 g/mol. The van der Waals surface area contributed by atoms with Gasteiger partial charge in [-0.1, -0.05) is 50.6 Å². The van der Waals surface area contributed by atoms with E-state index in [4.69, 9.17) is 5.14 Å². The summed E-state index contributed by atoms with van der Waals surface area (Å²) in [5, 5.41) is 12.7. The quantitative estimate of drug-likeness (QED) is 0.251. The molecule has 0 radical (unpaired) electrons. The van der Waals surface area contributed by atoms with Crippen LogP contribution in [0.4, 0.5) is 4.39 Å². The first-order valence-electron chi connectivity index (χ1n) is 12.7. The summed E-state index contributed by atoms with van der Waals surface area (Å²) >= 11 is 3.45. The number of benzene rings is 3. The number of carbonyl (C=O) groups is 1. The Balaban J connectivity index is 1.69. The number of rotatable bonds is 10. The molecule has 210 valence electrons. The van der Waals surface area contributed by atoms with Crippen LogP contribution in [0.15, 0.2) is 74.8 Å². The SMILES string of the molecule is CCCCNC(=O)c1ccc(Br)c(-n2nc(CC)n(Cc3ccc(-c4ccccc4S(N)(=O)=O)cc3F)c2=O)c1. The number of unbranched alkanes of at least 4 members (excludes halogenated alkanes) is 1. The molecule has 0 aliphatic heterocycles. The first kappa shape index (κ1) is 29.4. The number of carbonyl (C=O) groups excluding carboxylic acids is 1. The van der Waals surface area contributed by atoms with E-state index >= 15 is 4.39 Å². The van der Waals surface area contributed by atoms with Gasteiger partial charge in [-0.25, -0.2) is 22.7 Å². The van der Waals surface area contributed by atoms with Gasteiger partial charge in [-0.15, -0.1) is 5.10 Å². The molecule has 4 aromatic rings. The van der Waals surface area contributed by atoms with Crippen molar-refractivity contribution in [1.29, 1.82) is 0 Å². The zero-order valence-corrected chi connectivity index (χ0v) is 24.4. The average Bonchev–Trinajstić information content (AvgIpc) is 3.24. The zero-order chi connectivity index (χ0) is 29.0. The van der Waals surface area contributed by atoms with E-state index in [0.29, 0.717) is 40.1 Å². The molecule has 3 N–H and O–H groups in total. The van der Waals surface area contributed by atoms with Gasteiger partial charge in [-0.05, 0) is 58.2 Å². The van der Waals surface area contributed by atoms with E-state index in [1.807, 2.05) is 13.8 Å². The number of nitrogens with two attached hydrogens (primary N) is 1. The lowest BCUT2D eigenvalue weighted by atomic mass is 10.0. The highest BCUT2D eigenvalue weighted by molar-refractivity contribution is 9.10. The van der Waals surface area contributed by atoms with Gasteiger partial charge in [0.2, 0.25) is 10.0 Å². The summed E-state index contributed by atoms with van der Waals surface area (Å²) in [4.78, 5) is 26.0. The van der Waals surface area contributed by atoms with Crippen molar-refractivity contribution in [3.8, 4) is 16.8 Å². The molecule has 9 nitrogen and oxygen atoms in total. The summed E-state index contributed by atoms with van der Waals surface area (Å²) in [6.07, 6.45) is 2.21. The number of amides is 1. The van der Waals surface area contributed by atoms with Gasteiger partial charge in [0.15, 0.2) is 0 Å². The third-order valence-corrected chi connectivity index (χ3v) is 8.03. The molecule has 0 unspecified atom stereocenters. The number of primary sulfonamides is 1. The van der Waals surface area contributed by atoms with E-state index < -0.39 is 21.5 Å². The van der Waals surface area contributed by atoms with Crippen LogP contribution in [0.3, 0.4) is 0 Å². The molecule has 4 rings (SSSR count). The Kier molecular flexibility index (Phi) is 9.02. The highest BCUT2D eigenvalue weighted by Gasteiger charge is 2.20. The van der Waals surface area contributed by atoms with E-state index in [1.165, 1.54) is 33.5 Å². The third kappa shape index (κ3) is 6.24. The van der Waals surface area contributed by atoms with Gasteiger partial charge in [0.25, 0.3) is 5.91 Å². The molecule has 1 aromatic heterocycles. The minimum atomic E-state index is -4.02. The fourth-order valence-corrected chi connectivity index (χ4v) is 5.45. The summed E-state index contributed by atoms with van der Waals surface area (Å²) < 4.78 is 42.4. The number of nitrogens with one attached hydrogen (secondary N) is 1. The van der Waals surface area contributed by atoms with Crippen LogP contribution < -0.4 is 16.1 Å². The molecule has 0 aliphatic carbocycles. The molecule has 1 amide bonds. The Labute approximate surface area is 240 Å². The van der Waals surface area contributed by atoms with Crippen molar-refractivity contribution >= 4 is 31.9 Å². The minimum absolute atomic E-state index is 0.0975. The molecular formula is C28H29BrFN5O4S. The lowest BCUT2D eigenvalue weighted by Crippen LogP contribution is -2.27. The van der Waals surface area contributed by atoms with Crippen molar-refractivity contribution in [2.45, 2.75) is 44.6 Å². The Bertz CT molecular complexity index is 1730. The zero-order valence-electron chi connectivity index (χ0n) is 22.0. The molecular weight excluding hydrogens is 601 g/mol. The van der Waals surface area contributed by atoms with Crippen molar-refractivity contribution < 1.29 is 17.6 Å². The van der Waals surface area contributed by atoms with Crippen LogP contribution in [0.2, 0.25) is 0 Å². The summed E-state index contributed by atoms with van der Waals surface area (Å²) in [6, 6.07) is 15.3. The van der Waals surface area contributed by atoms with E-state index in [0.717, 1.165) is 12.8 Å². The number of sulfonamides is 1. The molecule has 0 atom stereocenters. The summed E-state index contributed by atoms with van der Waals surface area (Å²) in [6.45, 7) is 4.32. The smallest absolute Gasteiger partial charge is 0.351 e. The summed E-state index contributed by atoms with van der Waals surface area (Å²) in [5.74, 6) is -0.440. The Morgan fingerprint density at radius 2 is 1.85 bits per heavy atom. The van der Waals surface area contributed by atoms with E-state index in [2.05, 4.69) is 26.3 Å². The molecule has 0 spiro atoms. The van der Waals surface area contributed by atoms with Crippen LogP contribution >= 0.6 is 15.9 Å². The second kappa shape index (κ2) is 12.3. The van der Waals surface area contributed by atoms with Crippen LogP contribution in [0.25, 0.3) is 16.8 Å². The van der Waals surface area contributed by atoms with Gasteiger partial charge in [0.05, 0.1) is 17.1 Å². The second-order valence-electron chi connectivity index (χ2n) is 9.17. The second-order valence-corrected chi connectivity index (χ2v) is 11.6. The molecule has 0 aliphatic rings. The minimum Gasteiger partial charge on any atom is -0.352 e. The summed E-state index contributed by atoms with van der Waals surface area (Å²) in [7, 11) is -4.02. The van der Waals surface area contributed by atoms with Crippen LogP contribution in [-0.4, -0.2) is 35.2 Å². The van der Waals surface area contributed by atoms with E-state index in [1.54, 1.807) is 36.4 Å². The molecule has 0 saturated heterocycles. The number of aryl methyl sites for hydroxylation is 1. The highest BCUT2D eigenvalue weighted by atomic mass is 79.9. The number of nitrogens with zero attached hydrogens (tertiary/aromatic N) is 3. The molecule has 12 heteroatoms. The first-order chi connectivity index (χ1) is 19.0. The maximum atomic E-state index is 15.3. The lowest BCUT2D eigenvalue weighted by Gasteiger charge is -2.11. The van der Waals surface area contributed by atoms with Crippen LogP contribution in [0, 0.1) is 5.82 Å². The third-order valence-electron chi connectivity index (χ3n) is 6.39. The Morgan fingerprint density at radius 1 is 1.10 bits per heavy atom. The van der Waals surface area contributed by atoms with Crippen LogP contribution in [0.1, 0.15) is 48.4 Å². The first-order valence-corrected chi connectivity index (χ1v) is 15.1. The molecule has 1 heterocycles. The van der Waals surface area contributed by atoms with Gasteiger partial charge in [0, 0.05) is 34.1 Å². The fraction of sp³-hybridized carbons (Fsp3) is 0.250. The number of hydrogen-bond acceptors (Lipinski definition) is 5. The number of hydrogen-bond donors (Lipinski definition) is 2. The number of aromatic nitrogens is 3. The highest BCUT2D eigenvalue weighted by Crippen LogP contribution is 2.28. The van der Waals surface area contributed by atoms with E-state index in [9.17, 15) is 18.0 Å². The fourth-order valence-electron chi connectivity index (χ4n) is 4.28. The maximum absolute atomic E-state index is 15.3. The maximum Gasteiger partial charge on any atom is 0.351 e. The van der Waals surface area contributed by atoms with Gasteiger partial charge in [-0.3, -0.25) is 9.36 Å². The Hall–Kier alpha value is -3.61. The van der Waals surface area contributed by atoms with Crippen molar-refractivity contribution in [3.63, 3.8) is 0 Å². The lowest BCUT2D eigenvalue weighted by molar-refractivity contribution is 0.0953. The van der Waals surface area contributed by atoms with Gasteiger partial charge >= 0.3 is 5.69 Å². The van der Waals surface area contributed by atoms with Crippen molar-refractivity contribution in [1.82, 2.24) is 19.7 Å².